The van der Waals surface area contributed by atoms with Crippen LogP contribution in [0, 0.1) is 0 Å². The maximum atomic E-state index is 11.2. The van der Waals surface area contributed by atoms with Gasteiger partial charge in [-0.25, -0.2) is 0 Å². The van der Waals surface area contributed by atoms with Gasteiger partial charge in [0, 0.05) is 5.69 Å². The number of hydrogen-bond acceptors (Lipinski definition) is 3. The second kappa shape index (κ2) is 5.65. The Labute approximate surface area is 108 Å². The lowest BCUT2D eigenvalue weighted by atomic mass is 9.92. The fourth-order valence-electron chi connectivity index (χ4n) is 2.94. The summed E-state index contributed by atoms with van der Waals surface area (Å²) < 4.78 is 1.92. The monoisotopic (exact) mass is 250 g/mol. The van der Waals surface area contributed by atoms with E-state index in [9.17, 15) is 9.90 Å². The van der Waals surface area contributed by atoms with Crippen molar-refractivity contribution in [1.29, 1.82) is 0 Å². The van der Waals surface area contributed by atoms with Crippen molar-refractivity contribution in [1.82, 2.24) is 9.78 Å². The maximum Gasteiger partial charge on any atom is 0.153 e. The van der Waals surface area contributed by atoms with Crippen LogP contribution in [0.15, 0.2) is 0 Å². The number of rotatable bonds is 4. The fraction of sp³-hybridized carbons (Fsp3) is 0.714. The van der Waals surface area contributed by atoms with Crippen LogP contribution >= 0.6 is 0 Å². The lowest BCUT2D eigenvalue weighted by Crippen LogP contribution is -2.29. The molecule has 2 rings (SSSR count). The summed E-state index contributed by atoms with van der Waals surface area (Å²) in [7, 11) is 0. The van der Waals surface area contributed by atoms with E-state index < -0.39 is 0 Å². The molecule has 1 aliphatic carbocycles. The summed E-state index contributed by atoms with van der Waals surface area (Å²) in [6, 6.07) is 0.0488. The number of aldehydes is 1. The molecule has 0 bridgehead atoms. The molecule has 2 atom stereocenters. The van der Waals surface area contributed by atoms with Gasteiger partial charge in [0.1, 0.15) is 0 Å². The molecule has 1 saturated carbocycles. The molecule has 0 spiro atoms. The molecule has 1 aliphatic rings. The minimum Gasteiger partial charge on any atom is -0.391 e. The topological polar surface area (TPSA) is 55.1 Å². The normalized spacial score (nSPS) is 24.2. The van der Waals surface area contributed by atoms with Crippen molar-refractivity contribution in [3.05, 3.63) is 17.0 Å². The van der Waals surface area contributed by atoms with Gasteiger partial charge < -0.3 is 5.11 Å². The standard InChI is InChI=1S/C14H22N2O2/c1-3-11-10(9-17)12(4-2)16(15-11)13-7-5-6-8-14(13)18/h9,13-14,18H,3-8H2,1-2H3. The zero-order valence-corrected chi connectivity index (χ0v) is 11.2. The summed E-state index contributed by atoms with van der Waals surface area (Å²) >= 11 is 0. The first-order valence-corrected chi connectivity index (χ1v) is 6.96. The van der Waals surface area contributed by atoms with Gasteiger partial charge in [0.2, 0.25) is 0 Å². The summed E-state index contributed by atoms with van der Waals surface area (Å²) in [5, 5.41) is 14.7. The third-order valence-corrected chi connectivity index (χ3v) is 3.92. The number of aromatic nitrogens is 2. The molecule has 0 saturated heterocycles. The lowest BCUT2D eigenvalue weighted by molar-refractivity contribution is 0.0678. The molecule has 1 aromatic rings. The van der Waals surface area contributed by atoms with Crippen LogP contribution in [0.25, 0.3) is 0 Å². The van der Waals surface area contributed by atoms with Gasteiger partial charge in [0.15, 0.2) is 6.29 Å². The zero-order valence-electron chi connectivity index (χ0n) is 11.2. The molecular formula is C14H22N2O2. The van der Waals surface area contributed by atoms with Gasteiger partial charge in [-0.3, -0.25) is 9.48 Å². The molecule has 4 nitrogen and oxygen atoms in total. The van der Waals surface area contributed by atoms with Crippen LogP contribution in [0.3, 0.4) is 0 Å². The zero-order chi connectivity index (χ0) is 13.1. The molecule has 4 heteroatoms. The number of nitrogens with zero attached hydrogens (tertiary/aromatic N) is 2. The Hall–Kier alpha value is -1.16. The summed E-state index contributed by atoms with van der Waals surface area (Å²) in [6.07, 6.45) is 6.14. The highest BCUT2D eigenvalue weighted by atomic mass is 16.3. The van der Waals surface area contributed by atoms with E-state index in [2.05, 4.69) is 5.10 Å². The summed E-state index contributed by atoms with van der Waals surface area (Å²) in [5.41, 5.74) is 2.57. The number of aliphatic hydroxyl groups is 1. The maximum absolute atomic E-state index is 11.2. The number of aliphatic hydroxyl groups excluding tert-OH is 1. The van der Waals surface area contributed by atoms with E-state index in [0.717, 1.165) is 61.8 Å². The van der Waals surface area contributed by atoms with Gasteiger partial charge >= 0.3 is 0 Å². The molecule has 0 aliphatic heterocycles. The van der Waals surface area contributed by atoms with Crippen LogP contribution in [0.1, 0.15) is 67.3 Å². The second-order valence-corrected chi connectivity index (χ2v) is 5.00. The average Bonchev–Trinajstić information content (AvgIpc) is 2.76. The molecule has 1 fully saturated rings. The smallest absolute Gasteiger partial charge is 0.153 e. The predicted molar refractivity (Wildman–Crippen MR) is 69.9 cm³/mol. The van der Waals surface area contributed by atoms with Crippen LogP contribution in [0.5, 0.6) is 0 Å². The molecule has 2 unspecified atom stereocenters. The van der Waals surface area contributed by atoms with E-state index in [0.29, 0.717) is 0 Å². The molecule has 1 N–H and O–H groups in total. The van der Waals surface area contributed by atoms with Crippen molar-refractivity contribution in [2.75, 3.05) is 0 Å². The van der Waals surface area contributed by atoms with Crippen molar-refractivity contribution in [3.8, 4) is 0 Å². The average molecular weight is 250 g/mol. The highest BCUT2D eigenvalue weighted by molar-refractivity contribution is 5.78. The van der Waals surface area contributed by atoms with Crippen molar-refractivity contribution in [2.45, 2.75) is 64.5 Å². The molecular weight excluding hydrogens is 228 g/mol. The van der Waals surface area contributed by atoms with Crippen molar-refractivity contribution < 1.29 is 9.90 Å². The van der Waals surface area contributed by atoms with Crippen LogP contribution in [0.4, 0.5) is 0 Å². The van der Waals surface area contributed by atoms with Gasteiger partial charge in [-0.15, -0.1) is 0 Å². The Morgan fingerprint density at radius 3 is 2.61 bits per heavy atom. The first-order chi connectivity index (χ1) is 8.72. The molecule has 0 radical (unpaired) electrons. The summed E-state index contributed by atoms with van der Waals surface area (Å²) in [5.74, 6) is 0. The van der Waals surface area contributed by atoms with E-state index in [-0.39, 0.29) is 12.1 Å². The molecule has 1 aromatic heterocycles. The van der Waals surface area contributed by atoms with Crippen LogP contribution < -0.4 is 0 Å². The quantitative estimate of drug-likeness (QED) is 0.834. The molecule has 0 amide bonds. The predicted octanol–water partition coefficient (Wildman–Crippen LogP) is 2.30. The third-order valence-electron chi connectivity index (χ3n) is 3.92. The third kappa shape index (κ3) is 2.21. The Morgan fingerprint density at radius 2 is 2.06 bits per heavy atom. The van der Waals surface area contributed by atoms with E-state index in [1.165, 1.54) is 0 Å². The van der Waals surface area contributed by atoms with Crippen LogP contribution in [-0.2, 0) is 12.8 Å². The van der Waals surface area contributed by atoms with Crippen molar-refractivity contribution in [3.63, 3.8) is 0 Å². The molecule has 0 aromatic carbocycles. The van der Waals surface area contributed by atoms with Crippen LogP contribution in [0.2, 0.25) is 0 Å². The highest BCUT2D eigenvalue weighted by Gasteiger charge is 2.28. The van der Waals surface area contributed by atoms with E-state index in [4.69, 9.17) is 0 Å². The van der Waals surface area contributed by atoms with E-state index in [1.54, 1.807) is 0 Å². The number of carbonyl (C=O) groups is 1. The number of carbonyl (C=O) groups excluding carboxylic acids is 1. The Kier molecular flexibility index (Phi) is 4.17. The van der Waals surface area contributed by atoms with Gasteiger partial charge in [0.25, 0.3) is 0 Å². The minimum absolute atomic E-state index is 0.0488. The SMILES string of the molecule is CCc1nn(C2CCCCC2O)c(CC)c1C=O. The van der Waals surface area contributed by atoms with Gasteiger partial charge in [-0.1, -0.05) is 26.7 Å². The molecule has 18 heavy (non-hydrogen) atoms. The fourth-order valence-corrected chi connectivity index (χ4v) is 2.94. The summed E-state index contributed by atoms with van der Waals surface area (Å²) in [6.45, 7) is 4.05. The van der Waals surface area contributed by atoms with Crippen molar-refractivity contribution >= 4 is 6.29 Å². The number of aryl methyl sites for hydroxylation is 1. The van der Waals surface area contributed by atoms with E-state index >= 15 is 0 Å². The van der Waals surface area contributed by atoms with Crippen LogP contribution in [-0.4, -0.2) is 27.3 Å². The van der Waals surface area contributed by atoms with E-state index in [1.807, 2.05) is 18.5 Å². The Balaban J connectivity index is 2.42. The highest BCUT2D eigenvalue weighted by Crippen LogP contribution is 2.31. The largest absolute Gasteiger partial charge is 0.391 e. The first-order valence-electron chi connectivity index (χ1n) is 6.96. The Morgan fingerprint density at radius 1 is 1.33 bits per heavy atom. The summed E-state index contributed by atoms with van der Waals surface area (Å²) in [4.78, 5) is 11.2. The Bertz CT molecular complexity index is 426. The van der Waals surface area contributed by atoms with Gasteiger partial charge in [-0.05, 0) is 25.7 Å². The lowest BCUT2D eigenvalue weighted by Gasteiger charge is -2.29. The molecule has 1 heterocycles. The van der Waals surface area contributed by atoms with Crippen molar-refractivity contribution in [2.24, 2.45) is 0 Å². The second-order valence-electron chi connectivity index (χ2n) is 5.00. The van der Waals surface area contributed by atoms with Gasteiger partial charge in [-0.2, -0.15) is 5.10 Å². The van der Waals surface area contributed by atoms with Gasteiger partial charge in [0.05, 0.1) is 23.4 Å². The molecule has 100 valence electrons. The first kappa shape index (κ1) is 13.3. The number of hydrogen-bond donors (Lipinski definition) is 1. The minimum atomic E-state index is -0.326.